The lowest BCUT2D eigenvalue weighted by atomic mass is 10.4. The van der Waals surface area contributed by atoms with Gasteiger partial charge in [-0.3, -0.25) is 0 Å². The van der Waals surface area contributed by atoms with Gasteiger partial charge in [0.25, 0.3) is 13.6 Å². The fraction of sp³-hybridized carbons (Fsp3) is 1.00. The van der Waals surface area contributed by atoms with Gasteiger partial charge in [-0.25, -0.2) is 44.5 Å². The van der Waals surface area contributed by atoms with E-state index in [2.05, 4.69) is 83.2 Å². The zero-order valence-electron chi connectivity index (χ0n) is 13.6. The molecule has 23 heteroatoms. The predicted octanol–water partition coefficient (Wildman–Crippen LogP) is 8.24. The van der Waals surface area contributed by atoms with Crippen LogP contribution in [0.2, 0.25) is 0 Å². The van der Waals surface area contributed by atoms with Gasteiger partial charge < -0.3 is 0 Å². The van der Waals surface area contributed by atoms with Crippen molar-refractivity contribution >= 4 is 77.4 Å². The molecule has 4 nitrogen and oxygen atoms in total. The van der Waals surface area contributed by atoms with Crippen LogP contribution in [0.5, 0.6) is 0 Å². The Hall–Kier alpha value is 1.01. The van der Waals surface area contributed by atoms with Crippen molar-refractivity contribution in [1.29, 1.82) is 0 Å². The lowest BCUT2D eigenvalue weighted by Gasteiger charge is -2.37. The third-order valence-corrected chi connectivity index (χ3v) is 6.78. The van der Waals surface area contributed by atoms with E-state index in [-0.39, 0.29) is 0 Å². The Balaban J connectivity index is 6.59. The monoisotopic (exact) mass is 644 g/mol. The Bertz CT molecular complexity index is 618. The van der Waals surface area contributed by atoms with Crippen molar-refractivity contribution in [3.8, 4) is 0 Å². The van der Waals surface area contributed by atoms with E-state index in [1.807, 2.05) is 0 Å². The first kappa shape index (κ1) is 33.0. The fourth-order valence-corrected chi connectivity index (χ4v) is 4.38. The van der Waals surface area contributed by atoms with Gasteiger partial charge in [-0.1, -0.05) is 69.6 Å². The zero-order chi connectivity index (χ0) is 26.4. The van der Waals surface area contributed by atoms with Crippen LogP contribution in [0.25, 0.3) is 0 Å². The Morgan fingerprint density at radius 1 is 0.500 bits per heavy atom. The van der Waals surface area contributed by atoms with Gasteiger partial charge in [0.15, 0.2) is 0 Å². The average molecular weight is 647 g/mol. The van der Waals surface area contributed by atoms with Gasteiger partial charge in [0.1, 0.15) is 0 Å². The molecule has 0 saturated heterocycles. The van der Waals surface area contributed by atoms with Crippen LogP contribution in [0.1, 0.15) is 0 Å². The molecule has 0 saturated carbocycles. The smallest absolute Gasteiger partial charge is 0.242 e. The van der Waals surface area contributed by atoms with Crippen LogP contribution in [-0.2, 0) is 18.1 Å². The highest BCUT2D eigenvalue weighted by Gasteiger charge is 2.71. The summed E-state index contributed by atoms with van der Waals surface area (Å²) < 4.78 is 162. The molecule has 0 bridgehead atoms. The third-order valence-electron chi connectivity index (χ3n) is 2.67. The maximum absolute atomic E-state index is 13.4. The minimum atomic E-state index is -7.22. The van der Waals surface area contributed by atoms with Crippen LogP contribution in [0.15, 0.2) is 0 Å². The quantitative estimate of drug-likeness (QED) is 0.122. The number of hydrogen-bond donors (Lipinski definition) is 0. The second-order valence-corrected chi connectivity index (χ2v) is 10.3. The molecule has 0 aromatic rings. The molecule has 0 atom stereocenters. The highest BCUT2D eigenvalue weighted by atomic mass is 35.5. The maximum atomic E-state index is 13.4. The van der Waals surface area contributed by atoms with Gasteiger partial charge >= 0.3 is 44.9 Å². The Morgan fingerprint density at radius 3 is 0.781 bits per heavy atom. The van der Waals surface area contributed by atoms with E-state index >= 15 is 0 Å². The molecule has 0 unspecified atom stereocenters. The normalized spacial score (nSPS) is 15.9. The third kappa shape index (κ3) is 6.82. The van der Waals surface area contributed by atoms with Gasteiger partial charge in [-0.05, 0) is 0 Å². The lowest BCUT2D eigenvalue weighted by Crippen LogP contribution is -2.50. The van der Waals surface area contributed by atoms with E-state index in [0.717, 1.165) is 0 Å². The molecule has 0 amide bonds. The minimum absolute atomic E-state index is 3.29. The largest absolute Gasteiger partial charge is 0.483 e. The number of phosphoric acid groups is 1. The molecule has 0 radical (unpaired) electrons. The van der Waals surface area contributed by atoms with E-state index < -0.39 is 58.4 Å². The molecule has 0 aliphatic carbocycles. The molecule has 0 spiro atoms. The van der Waals surface area contributed by atoms with E-state index in [1.54, 1.807) is 0 Å². The standard InChI is InChI=1S/C9H3Cl6F12O4P/c10-7(11,4(22,23)1(16)17)29-32(28,30-8(12,13)5(24,25)2(18)19)31-9(14,15)6(26,27)3(20)21/h1-3H. The minimum Gasteiger partial charge on any atom is -0.242 e. The summed E-state index contributed by atoms with van der Waals surface area (Å²) >= 11 is 27.9. The Kier molecular flexibility index (Phi) is 10.5. The van der Waals surface area contributed by atoms with Crippen molar-refractivity contribution in [2.24, 2.45) is 0 Å². The molecule has 32 heavy (non-hydrogen) atoms. The van der Waals surface area contributed by atoms with E-state index in [1.165, 1.54) is 0 Å². The molecular formula is C9H3Cl6F12O4P. The Labute approximate surface area is 198 Å². The van der Waals surface area contributed by atoms with Crippen molar-refractivity contribution < 1.29 is 70.8 Å². The number of alkyl halides is 18. The van der Waals surface area contributed by atoms with E-state index in [9.17, 15) is 57.3 Å². The number of phosphoric ester groups is 1. The van der Waals surface area contributed by atoms with Crippen LogP contribution in [0, 0.1) is 0 Å². The SMILES string of the molecule is O=P(OC(Cl)(Cl)C(F)(F)C(F)F)(OC(Cl)(Cl)C(F)(F)C(F)F)OC(Cl)(Cl)C(F)(F)C(F)F. The van der Waals surface area contributed by atoms with Crippen molar-refractivity contribution in [3.05, 3.63) is 0 Å². The first-order valence-corrected chi connectivity index (χ1v) is 10.3. The van der Waals surface area contributed by atoms with Gasteiger partial charge in [-0.15, -0.1) is 0 Å². The summed E-state index contributed by atoms with van der Waals surface area (Å²) in [5, 5.41) is 0. The lowest BCUT2D eigenvalue weighted by molar-refractivity contribution is -0.205. The molecule has 0 heterocycles. The van der Waals surface area contributed by atoms with Crippen molar-refractivity contribution in [3.63, 3.8) is 0 Å². The molecule has 194 valence electrons. The number of hydrogen-bond acceptors (Lipinski definition) is 4. The summed E-state index contributed by atoms with van der Waals surface area (Å²) in [7, 11) is -7.22. The van der Waals surface area contributed by atoms with Crippen LogP contribution in [0.4, 0.5) is 52.7 Å². The molecule has 0 aliphatic rings. The highest BCUT2D eigenvalue weighted by Crippen LogP contribution is 2.67. The molecule has 0 rings (SSSR count). The number of halogens is 18. The molecule has 0 aliphatic heterocycles. The van der Waals surface area contributed by atoms with Crippen LogP contribution in [-0.4, -0.2) is 50.6 Å². The maximum Gasteiger partial charge on any atom is 0.483 e. The summed E-state index contributed by atoms with van der Waals surface area (Å²) in [6.45, 7) is 0. The second kappa shape index (κ2) is 10.2. The van der Waals surface area contributed by atoms with Gasteiger partial charge in [0, 0.05) is 0 Å². The van der Waals surface area contributed by atoms with Gasteiger partial charge in [-0.2, -0.15) is 26.3 Å². The predicted molar refractivity (Wildman–Crippen MR) is 87.0 cm³/mol. The van der Waals surface area contributed by atoms with Gasteiger partial charge in [0.2, 0.25) is 0 Å². The first-order chi connectivity index (χ1) is 13.7. The van der Waals surface area contributed by atoms with Crippen molar-refractivity contribution in [2.45, 2.75) is 50.6 Å². The Morgan fingerprint density at radius 2 is 0.656 bits per heavy atom. The average Bonchev–Trinajstić information content (AvgIpc) is 2.51. The number of rotatable bonds is 12. The van der Waals surface area contributed by atoms with Crippen molar-refractivity contribution in [1.82, 2.24) is 0 Å². The topological polar surface area (TPSA) is 44.8 Å². The van der Waals surface area contributed by atoms with Crippen LogP contribution in [0.3, 0.4) is 0 Å². The molecule has 0 aromatic heterocycles. The fourth-order valence-electron chi connectivity index (χ4n) is 1.04. The summed E-state index contributed by atoms with van der Waals surface area (Å²) in [6.07, 6.45) is -14.9. The summed E-state index contributed by atoms with van der Waals surface area (Å²) in [6, 6.07) is 0. The molecule has 0 fully saturated rings. The van der Waals surface area contributed by atoms with Crippen LogP contribution < -0.4 is 0 Å². The molecule has 0 aromatic carbocycles. The highest BCUT2D eigenvalue weighted by molar-refractivity contribution is 7.49. The zero-order valence-corrected chi connectivity index (χ0v) is 19.0. The molecule has 0 N–H and O–H groups in total. The van der Waals surface area contributed by atoms with Crippen LogP contribution >= 0.6 is 77.4 Å². The summed E-state index contributed by atoms with van der Waals surface area (Å²) in [5.41, 5.74) is 0. The van der Waals surface area contributed by atoms with Gasteiger partial charge in [0.05, 0.1) is 0 Å². The van der Waals surface area contributed by atoms with E-state index in [0.29, 0.717) is 0 Å². The first-order valence-electron chi connectivity index (χ1n) is 6.54. The summed E-state index contributed by atoms with van der Waals surface area (Å²) in [4.78, 5) is 0. The summed E-state index contributed by atoms with van der Waals surface area (Å²) in [5.74, 6) is -17.7. The molecular weight excluding hydrogens is 644 g/mol. The van der Waals surface area contributed by atoms with Crippen molar-refractivity contribution in [2.75, 3.05) is 0 Å². The second-order valence-electron chi connectivity index (χ2n) is 5.04. The van der Waals surface area contributed by atoms with E-state index in [4.69, 9.17) is 0 Å².